The van der Waals surface area contributed by atoms with E-state index in [2.05, 4.69) is 55.3 Å². The Kier molecular flexibility index (Phi) is 3.86. The monoisotopic (exact) mass is 340 g/mol. The molecule has 2 aromatic rings. The molecule has 1 fully saturated rings. The van der Waals surface area contributed by atoms with E-state index in [0.29, 0.717) is 12.1 Å². The quantitative estimate of drug-likeness (QED) is 0.827. The topological polar surface area (TPSA) is 63.2 Å². The number of nitrogens with zero attached hydrogens (tertiary/aromatic N) is 6. The molecule has 2 atom stereocenters. The first kappa shape index (κ1) is 13.7. The van der Waals surface area contributed by atoms with Crippen molar-refractivity contribution in [1.82, 2.24) is 30.0 Å². The lowest BCUT2D eigenvalue weighted by molar-refractivity contribution is 0.231. The van der Waals surface area contributed by atoms with E-state index in [9.17, 15) is 0 Å². The molecule has 0 bridgehead atoms. The van der Waals surface area contributed by atoms with Gasteiger partial charge in [-0.3, -0.25) is 4.90 Å². The maximum atomic E-state index is 5.26. The Balaban J connectivity index is 1.73. The van der Waals surface area contributed by atoms with Crippen molar-refractivity contribution in [2.45, 2.75) is 18.6 Å². The molecular formula is C12H17BrN6O. The Hall–Kier alpha value is -1.25. The van der Waals surface area contributed by atoms with Crippen molar-refractivity contribution in [2.75, 3.05) is 27.2 Å². The largest absolute Gasteiger partial charge is 0.359 e. The first-order chi connectivity index (χ1) is 9.63. The molecular weight excluding hydrogens is 324 g/mol. The Morgan fingerprint density at radius 2 is 2.30 bits per heavy atom. The molecule has 20 heavy (non-hydrogen) atoms. The lowest BCUT2D eigenvalue weighted by Gasteiger charge is -2.24. The van der Waals surface area contributed by atoms with Crippen LogP contribution in [0.25, 0.3) is 0 Å². The lowest BCUT2D eigenvalue weighted by atomic mass is 10.1. The maximum absolute atomic E-state index is 5.26. The highest BCUT2D eigenvalue weighted by Gasteiger charge is 2.36. The first-order valence-electron chi connectivity index (χ1n) is 6.49. The zero-order chi connectivity index (χ0) is 14.1. The molecule has 0 spiro atoms. The van der Waals surface area contributed by atoms with E-state index in [1.807, 2.05) is 16.9 Å². The Labute approximate surface area is 125 Å². The fraction of sp³-hybridized carbons (Fsp3) is 0.583. The van der Waals surface area contributed by atoms with E-state index < -0.39 is 0 Å². The van der Waals surface area contributed by atoms with Crippen LogP contribution >= 0.6 is 15.9 Å². The van der Waals surface area contributed by atoms with Crippen LogP contribution < -0.4 is 0 Å². The molecule has 0 aromatic carbocycles. The van der Waals surface area contributed by atoms with Crippen LogP contribution in [-0.4, -0.2) is 63.2 Å². The standard InChI is InChI=1S/C12H17BrN6O/c1-17(2)10-7-18(6-9-5-12(13)15-20-9)8-11(10)19-4-3-14-16-19/h3-5,10-11H,6-8H2,1-2H3/t10-,11+/m1/s1. The van der Waals surface area contributed by atoms with Gasteiger partial charge in [-0.25, -0.2) is 4.68 Å². The van der Waals surface area contributed by atoms with Crippen LogP contribution in [0.4, 0.5) is 0 Å². The van der Waals surface area contributed by atoms with Gasteiger partial charge in [0.05, 0.1) is 18.8 Å². The molecule has 2 aromatic heterocycles. The number of halogens is 1. The molecule has 7 nitrogen and oxygen atoms in total. The predicted octanol–water partition coefficient (Wildman–Crippen LogP) is 1.02. The van der Waals surface area contributed by atoms with Crippen LogP contribution in [0.3, 0.4) is 0 Å². The average molecular weight is 341 g/mol. The van der Waals surface area contributed by atoms with Crippen LogP contribution in [0.15, 0.2) is 27.6 Å². The normalized spacial score (nSPS) is 23.8. The van der Waals surface area contributed by atoms with Crippen molar-refractivity contribution < 1.29 is 4.52 Å². The molecule has 8 heteroatoms. The highest BCUT2D eigenvalue weighted by molar-refractivity contribution is 9.10. The molecule has 0 N–H and O–H groups in total. The van der Waals surface area contributed by atoms with Gasteiger partial charge < -0.3 is 9.42 Å². The number of hydrogen-bond acceptors (Lipinski definition) is 6. The summed E-state index contributed by atoms with van der Waals surface area (Å²) in [5.74, 6) is 0.869. The fourth-order valence-electron chi connectivity index (χ4n) is 2.72. The first-order valence-corrected chi connectivity index (χ1v) is 7.28. The summed E-state index contributed by atoms with van der Waals surface area (Å²) in [7, 11) is 4.20. The van der Waals surface area contributed by atoms with Crippen LogP contribution in [0, 0.1) is 0 Å². The minimum Gasteiger partial charge on any atom is -0.359 e. The van der Waals surface area contributed by atoms with Gasteiger partial charge in [-0.05, 0) is 30.0 Å². The summed E-state index contributed by atoms with van der Waals surface area (Å²) in [6, 6.07) is 2.62. The van der Waals surface area contributed by atoms with E-state index in [-0.39, 0.29) is 0 Å². The minimum absolute atomic E-state index is 0.305. The number of rotatable bonds is 4. The summed E-state index contributed by atoms with van der Waals surface area (Å²) in [5.41, 5.74) is 0. The van der Waals surface area contributed by atoms with Crippen molar-refractivity contribution in [3.8, 4) is 0 Å². The third-order valence-electron chi connectivity index (χ3n) is 3.69. The van der Waals surface area contributed by atoms with Gasteiger partial charge in [-0.2, -0.15) is 0 Å². The van der Waals surface area contributed by atoms with Crippen molar-refractivity contribution in [3.63, 3.8) is 0 Å². The fourth-order valence-corrected chi connectivity index (χ4v) is 3.05. The third-order valence-corrected chi connectivity index (χ3v) is 4.06. The Morgan fingerprint density at radius 3 is 2.90 bits per heavy atom. The van der Waals surface area contributed by atoms with Crippen LogP contribution in [-0.2, 0) is 6.54 Å². The number of likely N-dealkylation sites (tertiary alicyclic amines) is 1. The van der Waals surface area contributed by atoms with Gasteiger partial charge in [-0.15, -0.1) is 5.10 Å². The summed E-state index contributed by atoms with van der Waals surface area (Å²) in [5, 5.41) is 11.9. The molecule has 0 unspecified atom stereocenters. The van der Waals surface area contributed by atoms with Gasteiger partial charge in [0.2, 0.25) is 0 Å². The molecule has 108 valence electrons. The van der Waals surface area contributed by atoms with E-state index in [4.69, 9.17) is 4.52 Å². The summed E-state index contributed by atoms with van der Waals surface area (Å²) >= 11 is 3.31. The molecule has 1 aliphatic heterocycles. The second-order valence-corrected chi connectivity index (χ2v) is 6.10. The summed E-state index contributed by atoms with van der Waals surface area (Å²) in [6.07, 6.45) is 3.65. The Bertz CT molecular complexity index is 554. The average Bonchev–Trinajstić information content (AvgIpc) is 3.09. The van der Waals surface area contributed by atoms with Crippen LogP contribution in [0.5, 0.6) is 0 Å². The zero-order valence-electron chi connectivity index (χ0n) is 11.5. The predicted molar refractivity (Wildman–Crippen MR) is 76.0 cm³/mol. The van der Waals surface area contributed by atoms with Gasteiger partial charge >= 0.3 is 0 Å². The van der Waals surface area contributed by atoms with Crippen molar-refractivity contribution in [3.05, 3.63) is 28.8 Å². The van der Waals surface area contributed by atoms with E-state index >= 15 is 0 Å². The van der Waals surface area contributed by atoms with Crippen LogP contribution in [0.2, 0.25) is 0 Å². The smallest absolute Gasteiger partial charge is 0.151 e. The second-order valence-electron chi connectivity index (χ2n) is 5.29. The van der Waals surface area contributed by atoms with Gasteiger partial charge in [0, 0.05) is 31.4 Å². The molecule has 0 aliphatic carbocycles. The van der Waals surface area contributed by atoms with Gasteiger partial charge in [0.1, 0.15) is 4.60 Å². The summed E-state index contributed by atoms with van der Waals surface area (Å²) in [4.78, 5) is 4.59. The SMILES string of the molecule is CN(C)[C@@H]1CN(Cc2cc(Br)no2)C[C@@H]1n1ccnn1. The molecule has 0 amide bonds. The number of likely N-dealkylation sites (N-methyl/N-ethyl adjacent to an activating group) is 1. The highest BCUT2D eigenvalue weighted by Crippen LogP contribution is 2.26. The van der Waals surface area contributed by atoms with E-state index in [1.54, 1.807) is 6.20 Å². The minimum atomic E-state index is 0.305. The molecule has 0 saturated carbocycles. The van der Waals surface area contributed by atoms with Crippen molar-refractivity contribution >= 4 is 15.9 Å². The van der Waals surface area contributed by atoms with Crippen molar-refractivity contribution in [2.24, 2.45) is 0 Å². The van der Waals surface area contributed by atoms with Gasteiger partial charge in [0.25, 0.3) is 0 Å². The molecule has 3 rings (SSSR count). The van der Waals surface area contributed by atoms with Gasteiger partial charge in [0.15, 0.2) is 5.76 Å². The summed E-state index contributed by atoms with van der Waals surface area (Å²) < 4.78 is 7.95. The molecule has 1 saturated heterocycles. The number of aromatic nitrogens is 4. The highest BCUT2D eigenvalue weighted by atomic mass is 79.9. The lowest BCUT2D eigenvalue weighted by Crippen LogP contribution is -2.36. The zero-order valence-corrected chi connectivity index (χ0v) is 13.1. The second kappa shape index (κ2) is 5.63. The van der Waals surface area contributed by atoms with Crippen molar-refractivity contribution in [1.29, 1.82) is 0 Å². The van der Waals surface area contributed by atoms with E-state index in [0.717, 1.165) is 30.0 Å². The number of hydrogen-bond donors (Lipinski definition) is 0. The summed E-state index contributed by atoms with van der Waals surface area (Å²) in [6.45, 7) is 2.65. The van der Waals surface area contributed by atoms with E-state index in [1.165, 1.54) is 0 Å². The molecule has 1 aliphatic rings. The Morgan fingerprint density at radius 1 is 1.45 bits per heavy atom. The third kappa shape index (κ3) is 2.77. The molecule has 0 radical (unpaired) electrons. The molecule has 3 heterocycles. The maximum Gasteiger partial charge on any atom is 0.151 e. The van der Waals surface area contributed by atoms with Crippen LogP contribution in [0.1, 0.15) is 11.8 Å². The van der Waals surface area contributed by atoms with Gasteiger partial charge in [-0.1, -0.05) is 10.4 Å².